The Morgan fingerprint density at radius 2 is 0.938 bits per heavy atom. The van der Waals surface area contributed by atoms with Gasteiger partial charge in [0.05, 0.1) is 0 Å². The summed E-state index contributed by atoms with van der Waals surface area (Å²) in [6, 6.07) is 11.1. The Morgan fingerprint density at radius 3 is 1.38 bits per heavy atom. The van der Waals surface area contributed by atoms with E-state index in [1.54, 1.807) is 0 Å². The second-order valence-corrected chi connectivity index (χ2v) is 9.89. The van der Waals surface area contributed by atoms with E-state index in [0.29, 0.717) is 6.17 Å². The number of hydrogen-bond acceptors (Lipinski definition) is 2. The normalized spacial score (nSPS) is 15.8. The van der Waals surface area contributed by atoms with E-state index >= 15 is 0 Å². The number of benzene rings is 1. The Bertz CT molecular complexity index is 567. The smallest absolute Gasteiger partial charge is 0.105 e. The molecule has 0 N–H and O–H groups in total. The van der Waals surface area contributed by atoms with E-state index < -0.39 is 0 Å². The Balaban J connectivity index is 1.65. The lowest BCUT2D eigenvalue weighted by molar-refractivity contribution is 0.148. The Hall–Kier alpha value is -1.44. The second-order valence-electron chi connectivity index (χ2n) is 9.89. The summed E-state index contributed by atoms with van der Waals surface area (Å²) in [6.45, 7) is 7.00. The summed E-state index contributed by atoms with van der Waals surface area (Å²) < 4.78 is 0. The van der Waals surface area contributed by atoms with E-state index in [-0.39, 0.29) is 0 Å². The minimum atomic E-state index is 0.506. The molecule has 1 aromatic carbocycles. The van der Waals surface area contributed by atoms with Crippen LogP contribution in [0.3, 0.4) is 0 Å². The van der Waals surface area contributed by atoms with Crippen molar-refractivity contribution in [1.29, 1.82) is 0 Å². The van der Waals surface area contributed by atoms with Gasteiger partial charge in [-0.3, -0.25) is 0 Å². The van der Waals surface area contributed by atoms with Crippen molar-refractivity contribution in [3.8, 4) is 0 Å². The Kier molecular flexibility index (Phi) is 15.1. The lowest BCUT2D eigenvalue weighted by Crippen LogP contribution is -2.41. The van der Waals surface area contributed by atoms with E-state index in [4.69, 9.17) is 0 Å². The van der Waals surface area contributed by atoms with Gasteiger partial charge in [-0.1, -0.05) is 134 Å². The highest BCUT2D eigenvalue weighted by molar-refractivity contribution is 5.17. The van der Waals surface area contributed by atoms with Crippen LogP contribution in [-0.2, 0) is 6.42 Å². The first kappa shape index (κ1) is 26.8. The predicted octanol–water partition coefficient (Wildman–Crippen LogP) is 8.93. The van der Waals surface area contributed by atoms with Gasteiger partial charge in [0.1, 0.15) is 6.17 Å². The fourth-order valence-electron chi connectivity index (χ4n) is 4.92. The van der Waals surface area contributed by atoms with Crippen LogP contribution in [0, 0.1) is 0 Å². The maximum absolute atomic E-state index is 2.62. The molecule has 1 atom stereocenters. The van der Waals surface area contributed by atoms with Gasteiger partial charge in [-0.05, 0) is 18.4 Å². The SMILES string of the molecule is CCCCCCCCCCCCCN1C=CN(CCCCCCC)C1Cc1ccccc1. The van der Waals surface area contributed by atoms with Crippen LogP contribution in [0.5, 0.6) is 0 Å². The molecule has 1 heterocycles. The van der Waals surface area contributed by atoms with Crippen molar-refractivity contribution in [1.82, 2.24) is 9.80 Å². The number of nitrogens with zero attached hydrogens (tertiary/aromatic N) is 2. The van der Waals surface area contributed by atoms with Gasteiger partial charge in [0, 0.05) is 31.9 Å². The van der Waals surface area contributed by atoms with Crippen LogP contribution in [0.4, 0.5) is 0 Å². The molecule has 2 nitrogen and oxygen atoms in total. The highest BCUT2D eigenvalue weighted by atomic mass is 15.4. The molecule has 0 fully saturated rings. The average Bonchev–Trinajstić information content (AvgIpc) is 3.19. The number of unbranched alkanes of at least 4 members (excludes halogenated alkanes) is 14. The molecule has 0 aliphatic carbocycles. The minimum absolute atomic E-state index is 0.506. The maximum Gasteiger partial charge on any atom is 0.105 e. The molecule has 32 heavy (non-hydrogen) atoms. The van der Waals surface area contributed by atoms with Gasteiger partial charge in [0.25, 0.3) is 0 Å². The van der Waals surface area contributed by atoms with Crippen molar-refractivity contribution in [2.45, 2.75) is 129 Å². The summed E-state index contributed by atoms with van der Waals surface area (Å²) in [7, 11) is 0. The van der Waals surface area contributed by atoms with Crippen LogP contribution >= 0.6 is 0 Å². The van der Waals surface area contributed by atoms with Gasteiger partial charge >= 0.3 is 0 Å². The summed E-state index contributed by atoms with van der Waals surface area (Å²) in [5, 5.41) is 0. The second kappa shape index (κ2) is 18.0. The van der Waals surface area contributed by atoms with E-state index in [1.807, 2.05) is 0 Å². The van der Waals surface area contributed by atoms with Gasteiger partial charge in [-0.15, -0.1) is 0 Å². The maximum atomic E-state index is 2.62. The van der Waals surface area contributed by atoms with Crippen LogP contribution < -0.4 is 0 Å². The first-order chi connectivity index (χ1) is 15.8. The largest absolute Gasteiger partial charge is 0.356 e. The summed E-state index contributed by atoms with van der Waals surface area (Å²) in [4.78, 5) is 5.23. The standard InChI is InChI=1S/C30H52N2/c1-3-5-7-9-10-11-12-13-14-16-21-25-32-27-26-31(24-20-15-8-6-4-2)30(32)28-29-22-18-17-19-23-29/h17-19,22-23,26-27,30H,3-16,20-21,24-25,28H2,1-2H3. The average molecular weight is 441 g/mol. The lowest BCUT2D eigenvalue weighted by Gasteiger charge is -2.33. The summed E-state index contributed by atoms with van der Waals surface area (Å²) in [5.74, 6) is 0. The molecular weight excluding hydrogens is 388 g/mol. The molecule has 2 heteroatoms. The molecular formula is C30H52N2. The van der Waals surface area contributed by atoms with Crippen molar-refractivity contribution in [3.05, 3.63) is 48.3 Å². The molecule has 0 aromatic heterocycles. The number of hydrogen-bond donors (Lipinski definition) is 0. The molecule has 1 aliphatic rings. The third kappa shape index (κ3) is 11.4. The molecule has 1 aliphatic heterocycles. The zero-order chi connectivity index (χ0) is 22.7. The zero-order valence-corrected chi connectivity index (χ0v) is 21.4. The molecule has 1 aromatic rings. The number of rotatable bonds is 20. The van der Waals surface area contributed by atoms with E-state index in [9.17, 15) is 0 Å². The minimum Gasteiger partial charge on any atom is -0.356 e. The molecule has 0 saturated heterocycles. The monoisotopic (exact) mass is 440 g/mol. The summed E-state index contributed by atoms with van der Waals surface area (Å²) >= 11 is 0. The van der Waals surface area contributed by atoms with E-state index in [2.05, 4.69) is 66.4 Å². The van der Waals surface area contributed by atoms with Gasteiger partial charge in [0.2, 0.25) is 0 Å². The molecule has 1 unspecified atom stereocenters. The van der Waals surface area contributed by atoms with Crippen LogP contribution in [-0.4, -0.2) is 29.1 Å². The molecule has 0 amide bonds. The molecule has 0 bridgehead atoms. The van der Waals surface area contributed by atoms with Gasteiger partial charge in [0.15, 0.2) is 0 Å². The fraction of sp³-hybridized carbons (Fsp3) is 0.733. The van der Waals surface area contributed by atoms with Crippen LogP contribution in [0.2, 0.25) is 0 Å². The lowest BCUT2D eigenvalue weighted by atomic mass is 10.1. The van der Waals surface area contributed by atoms with Gasteiger partial charge in [-0.25, -0.2) is 0 Å². The molecule has 0 spiro atoms. The van der Waals surface area contributed by atoms with Gasteiger partial charge < -0.3 is 9.80 Å². The van der Waals surface area contributed by atoms with Crippen LogP contribution in [0.25, 0.3) is 0 Å². The predicted molar refractivity (Wildman–Crippen MR) is 142 cm³/mol. The molecule has 182 valence electrons. The first-order valence-electron chi connectivity index (χ1n) is 14.1. The quantitative estimate of drug-likeness (QED) is 0.187. The summed E-state index contributed by atoms with van der Waals surface area (Å²) in [6.07, 6.45) is 28.7. The van der Waals surface area contributed by atoms with Crippen LogP contribution in [0.1, 0.15) is 122 Å². The molecule has 0 saturated carbocycles. The summed E-state index contributed by atoms with van der Waals surface area (Å²) in [5.41, 5.74) is 1.46. The van der Waals surface area contributed by atoms with Crippen molar-refractivity contribution >= 4 is 0 Å². The third-order valence-electron chi connectivity index (χ3n) is 7.02. The van der Waals surface area contributed by atoms with E-state index in [0.717, 1.165) is 6.42 Å². The van der Waals surface area contributed by atoms with Crippen LogP contribution in [0.15, 0.2) is 42.7 Å². The molecule has 2 rings (SSSR count). The Morgan fingerprint density at radius 1 is 0.531 bits per heavy atom. The van der Waals surface area contributed by atoms with Crippen molar-refractivity contribution < 1.29 is 0 Å². The van der Waals surface area contributed by atoms with Crippen molar-refractivity contribution in [2.24, 2.45) is 0 Å². The molecule has 0 radical (unpaired) electrons. The Labute approximate surface area is 200 Å². The van der Waals surface area contributed by atoms with Crippen molar-refractivity contribution in [3.63, 3.8) is 0 Å². The first-order valence-corrected chi connectivity index (χ1v) is 14.1. The fourth-order valence-corrected chi connectivity index (χ4v) is 4.92. The van der Waals surface area contributed by atoms with Crippen molar-refractivity contribution in [2.75, 3.05) is 13.1 Å². The third-order valence-corrected chi connectivity index (χ3v) is 7.02. The van der Waals surface area contributed by atoms with Gasteiger partial charge in [-0.2, -0.15) is 0 Å². The highest BCUT2D eigenvalue weighted by Gasteiger charge is 2.25. The zero-order valence-electron chi connectivity index (χ0n) is 21.4. The highest BCUT2D eigenvalue weighted by Crippen LogP contribution is 2.22. The van der Waals surface area contributed by atoms with E-state index in [1.165, 1.54) is 121 Å². The topological polar surface area (TPSA) is 6.48 Å².